The summed E-state index contributed by atoms with van der Waals surface area (Å²) >= 11 is 0. The van der Waals surface area contributed by atoms with Crippen molar-refractivity contribution in [3.8, 4) is 11.8 Å². The zero-order chi connectivity index (χ0) is 22.4. The Hall–Kier alpha value is -3.91. The lowest BCUT2D eigenvalue weighted by Gasteiger charge is -2.13. The average Bonchev–Trinajstić information content (AvgIpc) is 2.74. The molecule has 0 saturated heterocycles. The van der Waals surface area contributed by atoms with E-state index < -0.39 is 5.91 Å². The number of nitrogens with zero attached hydrogens (tertiary/aromatic N) is 2. The fourth-order valence-corrected chi connectivity index (χ4v) is 3.30. The van der Waals surface area contributed by atoms with Crippen LogP contribution in [0.5, 0.6) is 5.75 Å². The molecule has 156 valence electrons. The monoisotopic (exact) mass is 411 g/mol. The van der Waals surface area contributed by atoms with Crippen molar-refractivity contribution < 1.29 is 9.53 Å². The topological polar surface area (TPSA) is 75.0 Å². The number of pyridine rings is 1. The van der Waals surface area contributed by atoms with Gasteiger partial charge in [0.2, 0.25) is 0 Å². The van der Waals surface area contributed by atoms with Gasteiger partial charge in [0.15, 0.2) is 0 Å². The highest BCUT2D eigenvalue weighted by atomic mass is 16.5. The highest BCUT2D eigenvalue weighted by molar-refractivity contribution is 6.10. The van der Waals surface area contributed by atoms with Crippen molar-refractivity contribution in [1.82, 2.24) is 4.98 Å². The Morgan fingerprint density at radius 3 is 2.45 bits per heavy atom. The molecule has 1 N–H and O–H groups in total. The summed E-state index contributed by atoms with van der Waals surface area (Å²) in [6.45, 7) is 8.14. The first-order chi connectivity index (χ1) is 14.9. The normalized spacial score (nSPS) is 11.0. The van der Waals surface area contributed by atoms with E-state index in [1.807, 2.05) is 82.3 Å². The minimum atomic E-state index is -0.429. The smallest absolute Gasteiger partial charge is 0.266 e. The number of benzene rings is 2. The van der Waals surface area contributed by atoms with Crippen LogP contribution in [0.4, 0.5) is 5.69 Å². The fraction of sp³-hybridized carbons (Fsp3) is 0.192. The summed E-state index contributed by atoms with van der Waals surface area (Å²) in [5, 5.41) is 12.4. The van der Waals surface area contributed by atoms with Gasteiger partial charge < -0.3 is 10.1 Å². The molecule has 2 aromatic carbocycles. The minimum absolute atomic E-state index is 0.0434. The van der Waals surface area contributed by atoms with Gasteiger partial charge in [-0.15, -0.1) is 0 Å². The molecule has 1 aromatic heterocycles. The van der Waals surface area contributed by atoms with Crippen molar-refractivity contribution >= 4 is 17.7 Å². The van der Waals surface area contributed by atoms with Crippen LogP contribution in [-0.4, -0.2) is 10.9 Å². The molecule has 0 saturated carbocycles. The van der Waals surface area contributed by atoms with Gasteiger partial charge in [0.05, 0.1) is 5.69 Å². The lowest BCUT2D eigenvalue weighted by molar-refractivity contribution is -0.112. The molecular formula is C26H25N3O2. The van der Waals surface area contributed by atoms with Crippen molar-refractivity contribution in [3.05, 3.63) is 93.8 Å². The van der Waals surface area contributed by atoms with Crippen LogP contribution in [0, 0.1) is 39.0 Å². The molecule has 0 aliphatic heterocycles. The molecule has 1 amide bonds. The lowest BCUT2D eigenvalue weighted by atomic mass is 10.0. The highest BCUT2D eigenvalue weighted by Crippen LogP contribution is 2.27. The van der Waals surface area contributed by atoms with Crippen molar-refractivity contribution in [1.29, 1.82) is 5.26 Å². The van der Waals surface area contributed by atoms with Gasteiger partial charge in [-0.1, -0.05) is 18.2 Å². The second-order valence-corrected chi connectivity index (χ2v) is 7.54. The van der Waals surface area contributed by atoms with Crippen LogP contribution in [0.2, 0.25) is 0 Å². The summed E-state index contributed by atoms with van der Waals surface area (Å²) in [4.78, 5) is 16.9. The third kappa shape index (κ3) is 5.58. The van der Waals surface area contributed by atoms with E-state index in [0.717, 1.165) is 39.3 Å². The number of ether oxygens (including phenoxy) is 1. The van der Waals surface area contributed by atoms with Gasteiger partial charge in [-0.3, -0.25) is 9.78 Å². The van der Waals surface area contributed by atoms with Crippen LogP contribution in [0.25, 0.3) is 6.08 Å². The van der Waals surface area contributed by atoms with Crippen LogP contribution >= 0.6 is 0 Å². The quantitative estimate of drug-likeness (QED) is 0.433. The second-order valence-electron chi connectivity index (χ2n) is 7.54. The van der Waals surface area contributed by atoms with E-state index in [9.17, 15) is 10.1 Å². The molecule has 5 heteroatoms. The molecule has 0 aliphatic carbocycles. The molecule has 1 heterocycles. The fourth-order valence-electron chi connectivity index (χ4n) is 3.30. The molecule has 0 radical (unpaired) electrons. The molecule has 5 nitrogen and oxygen atoms in total. The second kappa shape index (κ2) is 9.73. The summed E-state index contributed by atoms with van der Waals surface area (Å²) in [6, 6.07) is 17.3. The van der Waals surface area contributed by atoms with E-state index in [1.165, 1.54) is 0 Å². The largest absolute Gasteiger partial charge is 0.487 e. The van der Waals surface area contributed by atoms with E-state index in [-0.39, 0.29) is 5.57 Å². The van der Waals surface area contributed by atoms with Gasteiger partial charge in [0.25, 0.3) is 5.91 Å². The van der Waals surface area contributed by atoms with Gasteiger partial charge in [-0.25, -0.2) is 0 Å². The molecule has 0 aliphatic rings. The first-order valence-electron chi connectivity index (χ1n) is 10.0. The minimum Gasteiger partial charge on any atom is -0.487 e. The number of hydrogen-bond acceptors (Lipinski definition) is 4. The SMILES string of the molecule is Cc1ccc(C)c(NC(=O)/C(C#N)=C/c2cc(C)c(OCc3ccccn3)c(C)c2)c1. The maximum Gasteiger partial charge on any atom is 0.266 e. The first-order valence-corrected chi connectivity index (χ1v) is 10.0. The molecule has 0 spiro atoms. The highest BCUT2D eigenvalue weighted by Gasteiger charge is 2.13. The van der Waals surface area contributed by atoms with E-state index in [0.29, 0.717) is 12.3 Å². The number of rotatable bonds is 6. The Morgan fingerprint density at radius 1 is 1.06 bits per heavy atom. The zero-order valence-electron chi connectivity index (χ0n) is 18.2. The molecule has 31 heavy (non-hydrogen) atoms. The van der Waals surface area contributed by atoms with Gasteiger partial charge in [-0.05, 0) is 91.9 Å². The number of carbonyl (C=O) groups excluding carboxylic acids is 1. The number of amides is 1. The number of hydrogen-bond donors (Lipinski definition) is 1. The van der Waals surface area contributed by atoms with E-state index in [1.54, 1.807) is 12.3 Å². The number of aromatic nitrogens is 1. The zero-order valence-corrected chi connectivity index (χ0v) is 18.2. The van der Waals surface area contributed by atoms with Crippen molar-refractivity contribution in [2.24, 2.45) is 0 Å². The van der Waals surface area contributed by atoms with E-state index in [2.05, 4.69) is 10.3 Å². The Morgan fingerprint density at radius 2 is 1.81 bits per heavy atom. The maximum absolute atomic E-state index is 12.7. The average molecular weight is 412 g/mol. The summed E-state index contributed by atoms with van der Waals surface area (Å²) in [6.07, 6.45) is 3.34. The molecule has 0 fully saturated rings. The predicted molar refractivity (Wildman–Crippen MR) is 123 cm³/mol. The van der Waals surface area contributed by atoms with Crippen molar-refractivity contribution in [2.45, 2.75) is 34.3 Å². The Labute approximate surface area is 183 Å². The Bertz CT molecular complexity index is 1150. The van der Waals surface area contributed by atoms with Gasteiger partial charge in [0, 0.05) is 11.9 Å². The van der Waals surface area contributed by atoms with Crippen LogP contribution < -0.4 is 10.1 Å². The maximum atomic E-state index is 12.7. The number of anilines is 1. The van der Waals surface area contributed by atoms with Crippen molar-refractivity contribution in [3.63, 3.8) is 0 Å². The predicted octanol–water partition coefficient (Wildman–Crippen LogP) is 5.44. The number of nitriles is 1. The number of carbonyl (C=O) groups is 1. The summed E-state index contributed by atoms with van der Waals surface area (Å²) in [7, 11) is 0. The first kappa shape index (κ1) is 21.8. The van der Waals surface area contributed by atoms with Crippen LogP contribution in [0.15, 0.2) is 60.3 Å². The summed E-state index contributed by atoms with van der Waals surface area (Å²) in [5.41, 5.74) is 6.20. The third-order valence-corrected chi connectivity index (χ3v) is 4.89. The molecular weight excluding hydrogens is 386 g/mol. The number of aryl methyl sites for hydroxylation is 4. The molecule has 0 atom stereocenters. The molecule has 0 bridgehead atoms. The van der Waals surface area contributed by atoms with Crippen molar-refractivity contribution in [2.75, 3.05) is 5.32 Å². The van der Waals surface area contributed by atoms with Crippen LogP contribution in [0.1, 0.15) is 33.5 Å². The lowest BCUT2D eigenvalue weighted by Crippen LogP contribution is -2.14. The van der Waals surface area contributed by atoms with E-state index in [4.69, 9.17) is 4.74 Å². The molecule has 3 rings (SSSR count). The van der Waals surface area contributed by atoms with Crippen LogP contribution in [0.3, 0.4) is 0 Å². The van der Waals surface area contributed by atoms with Crippen LogP contribution in [-0.2, 0) is 11.4 Å². The Balaban J connectivity index is 1.79. The standard InChI is InChI=1S/C26H25N3O2/c1-17-8-9-18(2)24(11-17)29-26(30)22(15-27)14-21-12-19(3)25(20(4)13-21)31-16-23-7-5-6-10-28-23/h5-14H,16H2,1-4H3,(H,29,30)/b22-14+. The molecule has 0 unspecified atom stereocenters. The van der Waals surface area contributed by atoms with Gasteiger partial charge >= 0.3 is 0 Å². The Kier molecular flexibility index (Phi) is 6.84. The van der Waals surface area contributed by atoms with Gasteiger partial charge in [-0.2, -0.15) is 5.26 Å². The van der Waals surface area contributed by atoms with E-state index >= 15 is 0 Å². The third-order valence-electron chi connectivity index (χ3n) is 4.89. The van der Waals surface area contributed by atoms with Gasteiger partial charge in [0.1, 0.15) is 24.0 Å². The number of nitrogens with one attached hydrogen (secondary N) is 1. The summed E-state index contributed by atoms with van der Waals surface area (Å²) < 4.78 is 5.96. The summed E-state index contributed by atoms with van der Waals surface area (Å²) in [5.74, 6) is 0.350. The molecule has 3 aromatic rings.